The number of nitrogens with zero attached hydrogens (tertiary/aromatic N) is 4. The van der Waals surface area contributed by atoms with Crippen molar-refractivity contribution in [3.8, 4) is 0 Å². The van der Waals surface area contributed by atoms with Gasteiger partial charge in [-0.25, -0.2) is 8.91 Å². The molecule has 0 saturated heterocycles. The van der Waals surface area contributed by atoms with Gasteiger partial charge in [-0.05, 0) is 18.2 Å². The Labute approximate surface area is 152 Å². The van der Waals surface area contributed by atoms with Crippen molar-refractivity contribution in [1.29, 1.82) is 0 Å². The average molecular weight is 370 g/mol. The van der Waals surface area contributed by atoms with Crippen LogP contribution in [0.2, 0.25) is 5.02 Å². The number of rotatable bonds is 4. The molecule has 0 aliphatic rings. The molecule has 3 aromatic heterocycles. The van der Waals surface area contributed by atoms with Crippen LogP contribution in [0.3, 0.4) is 0 Å². The molecular weight excluding hydrogens is 357 g/mol. The van der Waals surface area contributed by atoms with Crippen LogP contribution in [0.1, 0.15) is 16.1 Å². The lowest BCUT2D eigenvalue weighted by atomic mass is 10.2. The molecule has 130 valence electrons. The predicted octanol–water partition coefficient (Wildman–Crippen LogP) is 3.62. The van der Waals surface area contributed by atoms with Gasteiger partial charge in [-0.2, -0.15) is 10.2 Å². The normalized spacial score (nSPS) is 11.0. The number of hydrogen-bond donors (Lipinski definition) is 1. The van der Waals surface area contributed by atoms with Crippen LogP contribution >= 0.6 is 11.6 Å². The van der Waals surface area contributed by atoms with Crippen molar-refractivity contribution in [2.45, 2.75) is 6.54 Å². The van der Waals surface area contributed by atoms with Crippen LogP contribution in [-0.4, -0.2) is 25.3 Å². The van der Waals surface area contributed by atoms with Crippen molar-refractivity contribution >= 4 is 28.7 Å². The zero-order chi connectivity index (χ0) is 18.1. The fourth-order valence-electron chi connectivity index (χ4n) is 2.62. The molecule has 0 saturated carbocycles. The molecule has 0 bridgehead atoms. The second-order valence-electron chi connectivity index (χ2n) is 5.67. The van der Waals surface area contributed by atoms with Crippen molar-refractivity contribution in [1.82, 2.24) is 19.4 Å². The van der Waals surface area contributed by atoms with Gasteiger partial charge in [0, 0.05) is 18.0 Å². The van der Waals surface area contributed by atoms with Crippen LogP contribution in [0.25, 0.3) is 5.52 Å². The van der Waals surface area contributed by atoms with Crippen LogP contribution in [-0.2, 0) is 6.54 Å². The fourth-order valence-corrected chi connectivity index (χ4v) is 2.89. The summed E-state index contributed by atoms with van der Waals surface area (Å²) in [6, 6.07) is 11.9. The zero-order valence-corrected chi connectivity index (χ0v) is 14.2. The molecule has 0 radical (unpaired) electrons. The summed E-state index contributed by atoms with van der Waals surface area (Å²) in [5.74, 6) is -0.741. The van der Waals surface area contributed by atoms with Gasteiger partial charge in [-0.1, -0.05) is 35.9 Å². The lowest BCUT2D eigenvalue weighted by Crippen LogP contribution is -2.12. The van der Waals surface area contributed by atoms with Crippen molar-refractivity contribution in [3.63, 3.8) is 0 Å². The van der Waals surface area contributed by atoms with E-state index >= 15 is 0 Å². The number of fused-ring (bicyclic) bond motifs is 1. The van der Waals surface area contributed by atoms with Gasteiger partial charge in [0.05, 0.1) is 29.0 Å². The number of nitrogens with one attached hydrogen (secondary N) is 1. The van der Waals surface area contributed by atoms with E-state index in [0.717, 1.165) is 0 Å². The summed E-state index contributed by atoms with van der Waals surface area (Å²) >= 11 is 6.24. The summed E-state index contributed by atoms with van der Waals surface area (Å²) in [5, 5.41) is 11.3. The van der Waals surface area contributed by atoms with Crippen molar-refractivity contribution in [3.05, 3.63) is 83.2 Å². The van der Waals surface area contributed by atoms with Crippen LogP contribution < -0.4 is 5.32 Å². The van der Waals surface area contributed by atoms with E-state index in [1.807, 2.05) is 6.07 Å². The molecule has 1 amide bonds. The number of anilines is 1. The number of hydrogen-bond acceptors (Lipinski definition) is 3. The minimum absolute atomic E-state index is 0.125. The lowest BCUT2D eigenvalue weighted by molar-refractivity contribution is 0.102. The highest BCUT2D eigenvalue weighted by Gasteiger charge is 2.18. The van der Waals surface area contributed by atoms with Crippen LogP contribution in [0, 0.1) is 5.82 Å². The molecule has 0 fully saturated rings. The van der Waals surface area contributed by atoms with E-state index in [1.165, 1.54) is 12.3 Å². The van der Waals surface area contributed by atoms with Gasteiger partial charge in [-0.3, -0.25) is 9.48 Å². The van der Waals surface area contributed by atoms with Gasteiger partial charge in [0.1, 0.15) is 5.82 Å². The van der Waals surface area contributed by atoms with E-state index in [9.17, 15) is 9.18 Å². The maximum atomic E-state index is 13.7. The number of aromatic nitrogens is 4. The monoisotopic (exact) mass is 369 g/mol. The first-order valence-electron chi connectivity index (χ1n) is 7.82. The maximum Gasteiger partial charge on any atom is 0.277 e. The largest absolute Gasteiger partial charge is 0.318 e. The summed E-state index contributed by atoms with van der Waals surface area (Å²) in [5.41, 5.74) is 1.76. The highest BCUT2D eigenvalue weighted by atomic mass is 35.5. The van der Waals surface area contributed by atoms with E-state index in [0.29, 0.717) is 16.8 Å². The molecule has 26 heavy (non-hydrogen) atoms. The third-order valence-corrected chi connectivity index (χ3v) is 4.25. The highest BCUT2D eigenvalue weighted by molar-refractivity contribution is 6.37. The number of carbonyl (C=O) groups excluding carboxylic acids is 1. The molecule has 0 atom stereocenters. The Morgan fingerprint density at radius 2 is 2.00 bits per heavy atom. The van der Waals surface area contributed by atoms with Crippen LogP contribution in [0.15, 0.2) is 61.1 Å². The molecule has 4 aromatic rings. The molecule has 4 rings (SSSR count). The molecule has 0 aliphatic carbocycles. The molecule has 3 heterocycles. The topological polar surface area (TPSA) is 64.2 Å². The van der Waals surface area contributed by atoms with Gasteiger partial charge < -0.3 is 5.32 Å². The fraction of sp³-hybridized carbons (Fsp3) is 0.0556. The van der Waals surface area contributed by atoms with Gasteiger partial charge in [0.2, 0.25) is 0 Å². The molecule has 0 aliphatic heterocycles. The lowest BCUT2D eigenvalue weighted by Gasteiger charge is -2.03. The number of amides is 1. The van der Waals surface area contributed by atoms with Crippen molar-refractivity contribution < 1.29 is 9.18 Å². The van der Waals surface area contributed by atoms with Gasteiger partial charge >= 0.3 is 0 Å². The van der Waals surface area contributed by atoms with E-state index in [4.69, 9.17) is 11.6 Å². The standard InChI is InChI=1S/C18H13ClFN5O/c19-16-15-7-3-4-8-25(15)23-17(16)18(26)22-13-9-21-24(11-13)10-12-5-1-2-6-14(12)20/h1-9,11H,10H2,(H,22,26). The summed E-state index contributed by atoms with van der Waals surface area (Å²) in [7, 11) is 0. The van der Waals surface area contributed by atoms with E-state index < -0.39 is 5.91 Å². The molecule has 8 heteroatoms. The predicted molar refractivity (Wildman–Crippen MR) is 95.9 cm³/mol. The van der Waals surface area contributed by atoms with Crippen LogP contribution in [0.4, 0.5) is 10.1 Å². The maximum absolute atomic E-state index is 13.7. The summed E-state index contributed by atoms with van der Waals surface area (Å²) in [6.45, 7) is 0.262. The summed E-state index contributed by atoms with van der Waals surface area (Å²) in [6.07, 6.45) is 4.82. The van der Waals surface area contributed by atoms with E-state index in [2.05, 4.69) is 15.5 Å². The number of halogens is 2. The van der Waals surface area contributed by atoms with Crippen LogP contribution in [0.5, 0.6) is 0 Å². The molecule has 6 nitrogen and oxygen atoms in total. The first-order valence-corrected chi connectivity index (χ1v) is 8.20. The third-order valence-electron chi connectivity index (χ3n) is 3.88. The Bertz CT molecular complexity index is 1100. The third kappa shape index (κ3) is 3.04. The Morgan fingerprint density at radius 1 is 1.19 bits per heavy atom. The van der Waals surface area contributed by atoms with Crippen molar-refractivity contribution in [2.75, 3.05) is 5.32 Å². The van der Waals surface area contributed by atoms with E-state index in [1.54, 1.807) is 51.9 Å². The average Bonchev–Trinajstić information content (AvgIpc) is 3.22. The second kappa shape index (κ2) is 6.61. The number of pyridine rings is 1. The Hall–Kier alpha value is -3.19. The number of benzene rings is 1. The second-order valence-corrected chi connectivity index (χ2v) is 6.04. The number of carbonyl (C=O) groups is 1. The molecular formula is C18H13ClFN5O. The smallest absolute Gasteiger partial charge is 0.277 e. The Morgan fingerprint density at radius 3 is 2.81 bits per heavy atom. The quantitative estimate of drug-likeness (QED) is 0.597. The van der Waals surface area contributed by atoms with E-state index in [-0.39, 0.29) is 23.1 Å². The van der Waals surface area contributed by atoms with Gasteiger partial charge in [-0.15, -0.1) is 0 Å². The minimum atomic E-state index is -0.441. The van der Waals surface area contributed by atoms with Crippen molar-refractivity contribution in [2.24, 2.45) is 0 Å². The molecule has 1 N–H and O–H groups in total. The SMILES string of the molecule is O=C(Nc1cnn(Cc2ccccc2F)c1)c1nn2ccccc2c1Cl. The first-order chi connectivity index (χ1) is 12.6. The highest BCUT2D eigenvalue weighted by Crippen LogP contribution is 2.22. The Balaban J connectivity index is 1.52. The zero-order valence-electron chi connectivity index (χ0n) is 13.4. The summed E-state index contributed by atoms with van der Waals surface area (Å²) in [4.78, 5) is 12.5. The molecule has 1 aromatic carbocycles. The molecule has 0 spiro atoms. The molecule has 0 unspecified atom stereocenters. The van der Waals surface area contributed by atoms with Gasteiger partial charge in [0.15, 0.2) is 5.69 Å². The van der Waals surface area contributed by atoms with Gasteiger partial charge in [0.25, 0.3) is 5.91 Å². The minimum Gasteiger partial charge on any atom is -0.318 e. The summed E-state index contributed by atoms with van der Waals surface area (Å²) < 4.78 is 16.8. The Kier molecular flexibility index (Phi) is 4.14. The first kappa shape index (κ1) is 16.3.